The molecule has 1 aromatic rings. The molecule has 0 spiro atoms. The molecule has 0 aliphatic carbocycles. The molecule has 1 aromatic carbocycles. The Labute approximate surface area is 146 Å². The molecule has 1 fully saturated rings. The number of nitrogens with one attached hydrogen (secondary N) is 2. The lowest BCUT2D eigenvalue weighted by molar-refractivity contribution is -0.141. The van der Waals surface area contributed by atoms with E-state index in [2.05, 4.69) is 22.4 Å². The van der Waals surface area contributed by atoms with E-state index in [0.717, 1.165) is 25.1 Å². The largest absolute Gasteiger partial charge is 0.480 e. The molecule has 5 N–H and O–H groups in total. The van der Waals surface area contributed by atoms with Crippen LogP contribution in [0.3, 0.4) is 0 Å². The van der Waals surface area contributed by atoms with Gasteiger partial charge in [-0.3, -0.25) is 5.41 Å². The Hall–Kier alpha value is -2.83. The minimum atomic E-state index is -0.889. The minimum absolute atomic E-state index is 0.0856. The third-order valence-corrected chi connectivity index (χ3v) is 4.60. The Morgan fingerprint density at radius 3 is 2.84 bits per heavy atom. The van der Waals surface area contributed by atoms with Crippen LogP contribution in [-0.4, -0.2) is 46.7 Å². The molecule has 7 heteroatoms. The predicted octanol–water partition coefficient (Wildman–Crippen LogP) is 1.32. The molecule has 1 saturated heterocycles. The monoisotopic (exact) mass is 341 g/mol. The quantitative estimate of drug-likeness (QED) is 0.339. The second kappa shape index (κ2) is 7.38. The van der Waals surface area contributed by atoms with Gasteiger partial charge in [0.15, 0.2) is 0 Å². The second-order valence-electron chi connectivity index (χ2n) is 6.29. The van der Waals surface area contributed by atoms with Crippen LogP contribution in [0.1, 0.15) is 24.8 Å². The zero-order valence-electron chi connectivity index (χ0n) is 14.0. The summed E-state index contributed by atoms with van der Waals surface area (Å²) in [7, 11) is 0. The van der Waals surface area contributed by atoms with E-state index in [1.165, 1.54) is 5.56 Å². The van der Waals surface area contributed by atoms with Gasteiger partial charge >= 0.3 is 5.97 Å². The van der Waals surface area contributed by atoms with E-state index in [1.807, 2.05) is 18.2 Å². The van der Waals surface area contributed by atoms with E-state index in [1.54, 1.807) is 11.1 Å². The number of aliphatic imine (C=N–C) groups is 1. The van der Waals surface area contributed by atoms with Gasteiger partial charge < -0.3 is 21.1 Å². The normalized spacial score (nSPS) is 22.0. The van der Waals surface area contributed by atoms with E-state index in [0.29, 0.717) is 18.7 Å². The molecule has 0 saturated carbocycles. The van der Waals surface area contributed by atoms with E-state index >= 15 is 0 Å². The van der Waals surface area contributed by atoms with E-state index < -0.39 is 18.1 Å². The maximum atomic E-state index is 11.5. The standard InChI is InChI=1S/C18H23N5O2/c19-16(20)15-11-22-17(13-8-9-14(18(24)25)23(13)15)21-10-4-7-12-5-2-1-3-6-12/h1-3,5-6,11,14-15,21H,4,7-10H2,(H3,19,20)(H,24,25). The van der Waals surface area contributed by atoms with Gasteiger partial charge in [0.05, 0.1) is 5.70 Å². The van der Waals surface area contributed by atoms with Crippen LogP contribution in [0, 0.1) is 5.41 Å². The van der Waals surface area contributed by atoms with Crippen LogP contribution in [0.15, 0.2) is 46.8 Å². The SMILES string of the molecule is N=C(N)C1C=NC(NCCCc2ccccc2)=C2CCC(C(=O)O)N21. The Kier molecular flexibility index (Phi) is 5.02. The molecule has 0 aromatic heterocycles. The van der Waals surface area contributed by atoms with Gasteiger partial charge in [0, 0.05) is 12.8 Å². The van der Waals surface area contributed by atoms with Crippen molar-refractivity contribution in [3.05, 3.63) is 47.4 Å². The molecule has 2 aliphatic heterocycles. The molecular weight excluding hydrogens is 318 g/mol. The minimum Gasteiger partial charge on any atom is -0.480 e. The van der Waals surface area contributed by atoms with Crippen molar-refractivity contribution in [3.63, 3.8) is 0 Å². The summed E-state index contributed by atoms with van der Waals surface area (Å²) in [5, 5.41) is 20.5. The number of carboxylic acid groups (broad SMARTS) is 1. The van der Waals surface area contributed by atoms with Crippen molar-refractivity contribution >= 4 is 18.0 Å². The van der Waals surface area contributed by atoms with E-state index in [9.17, 15) is 9.90 Å². The van der Waals surface area contributed by atoms with Crippen molar-refractivity contribution in [2.24, 2.45) is 10.7 Å². The summed E-state index contributed by atoms with van der Waals surface area (Å²) in [4.78, 5) is 17.6. The van der Waals surface area contributed by atoms with Crippen molar-refractivity contribution in [3.8, 4) is 0 Å². The molecule has 7 nitrogen and oxygen atoms in total. The van der Waals surface area contributed by atoms with Gasteiger partial charge in [-0.1, -0.05) is 30.3 Å². The highest BCUT2D eigenvalue weighted by molar-refractivity contribution is 6.00. The smallest absolute Gasteiger partial charge is 0.326 e. The van der Waals surface area contributed by atoms with Crippen molar-refractivity contribution in [2.45, 2.75) is 37.8 Å². The van der Waals surface area contributed by atoms with Crippen LogP contribution < -0.4 is 11.1 Å². The molecule has 0 amide bonds. The van der Waals surface area contributed by atoms with Crippen molar-refractivity contribution in [1.82, 2.24) is 10.2 Å². The van der Waals surface area contributed by atoms with Gasteiger partial charge in [0.1, 0.15) is 23.7 Å². The lowest BCUT2D eigenvalue weighted by Crippen LogP contribution is -2.51. The molecule has 2 atom stereocenters. The van der Waals surface area contributed by atoms with E-state index in [4.69, 9.17) is 11.1 Å². The Balaban J connectivity index is 1.65. The fourth-order valence-corrected chi connectivity index (χ4v) is 3.39. The number of nitrogens with two attached hydrogens (primary N) is 1. The van der Waals surface area contributed by atoms with Crippen LogP contribution in [0.4, 0.5) is 0 Å². The highest BCUT2D eigenvalue weighted by Gasteiger charge is 2.41. The number of hydrogen-bond acceptors (Lipinski definition) is 5. The fourth-order valence-electron chi connectivity index (χ4n) is 3.39. The summed E-state index contributed by atoms with van der Waals surface area (Å²) in [6.07, 6.45) is 4.62. The maximum absolute atomic E-state index is 11.5. The number of hydrogen-bond donors (Lipinski definition) is 4. The number of aliphatic carboxylic acids is 1. The number of amidine groups is 1. The topological polar surface area (TPSA) is 115 Å². The molecule has 25 heavy (non-hydrogen) atoms. The summed E-state index contributed by atoms with van der Waals surface area (Å²) >= 11 is 0. The molecule has 0 bridgehead atoms. The second-order valence-corrected chi connectivity index (χ2v) is 6.29. The third-order valence-electron chi connectivity index (χ3n) is 4.60. The zero-order valence-corrected chi connectivity index (χ0v) is 14.0. The highest BCUT2D eigenvalue weighted by atomic mass is 16.4. The van der Waals surface area contributed by atoms with Crippen molar-refractivity contribution < 1.29 is 9.90 Å². The number of allylic oxidation sites excluding steroid dienone is 1. The summed E-state index contributed by atoms with van der Waals surface area (Å²) < 4.78 is 0. The summed E-state index contributed by atoms with van der Waals surface area (Å²) in [6.45, 7) is 0.751. The first kappa shape index (κ1) is 17.0. The Bertz CT molecular complexity index is 713. The number of benzene rings is 1. The first-order valence-corrected chi connectivity index (χ1v) is 8.48. The molecule has 132 valence electrons. The van der Waals surface area contributed by atoms with Crippen LogP contribution in [-0.2, 0) is 11.2 Å². The maximum Gasteiger partial charge on any atom is 0.326 e. The zero-order chi connectivity index (χ0) is 17.8. The van der Waals surface area contributed by atoms with Crippen LogP contribution in [0.2, 0.25) is 0 Å². The number of fused-ring (bicyclic) bond motifs is 1. The third kappa shape index (κ3) is 3.65. The number of carbonyl (C=O) groups is 1. The Morgan fingerprint density at radius 2 is 2.16 bits per heavy atom. The van der Waals surface area contributed by atoms with Crippen LogP contribution in [0.25, 0.3) is 0 Å². The molecule has 3 rings (SSSR count). The van der Waals surface area contributed by atoms with Crippen molar-refractivity contribution in [1.29, 1.82) is 5.41 Å². The van der Waals surface area contributed by atoms with Crippen LogP contribution in [0.5, 0.6) is 0 Å². The van der Waals surface area contributed by atoms with Crippen molar-refractivity contribution in [2.75, 3.05) is 6.54 Å². The average molecular weight is 341 g/mol. The van der Waals surface area contributed by atoms with Gasteiger partial charge in [-0.25, -0.2) is 9.79 Å². The fraction of sp³-hybridized carbons (Fsp3) is 0.389. The van der Waals surface area contributed by atoms with Gasteiger partial charge in [-0.2, -0.15) is 0 Å². The molecule has 2 aliphatic rings. The van der Waals surface area contributed by atoms with Gasteiger partial charge in [-0.15, -0.1) is 0 Å². The van der Waals surface area contributed by atoms with Gasteiger partial charge in [-0.05, 0) is 31.2 Å². The average Bonchev–Trinajstić information content (AvgIpc) is 3.05. The first-order chi connectivity index (χ1) is 12.1. The lowest BCUT2D eigenvalue weighted by Gasteiger charge is -2.34. The molecule has 2 unspecified atom stereocenters. The van der Waals surface area contributed by atoms with E-state index in [-0.39, 0.29) is 5.84 Å². The first-order valence-electron chi connectivity index (χ1n) is 8.48. The lowest BCUT2D eigenvalue weighted by atomic mass is 10.1. The molecular formula is C18H23N5O2. The van der Waals surface area contributed by atoms with Gasteiger partial charge in [0.25, 0.3) is 0 Å². The number of carboxylic acids is 1. The highest BCUT2D eigenvalue weighted by Crippen LogP contribution is 2.33. The summed E-state index contributed by atoms with van der Waals surface area (Å²) in [6, 6.07) is 9.05. The number of aryl methyl sites for hydroxylation is 1. The Morgan fingerprint density at radius 1 is 1.40 bits per heavy atom. The number of nitrogens with zero attached hydrogens (tertiary/aromatic N) is 2. The predicted molar refractivity (Wildman–Crippen MR) is 96.5 cm³/mol. The molecule has 0 radical (unpaired) electrons. The number of rotatable bonds is 7. The van der Waals surface area contributed by atoms with Crippen LogP contribution >= 0.6 is 0 Å². The molecule has 2 heterocycles. The van der Waals surface area contributed by atoms with Gasteiger partial charge in [0.2, 0.25) is 0 Å². The summed E-state index contributed by atoms with van der Waals surface area (Å²) in [5.41, 5.74) is 7.76. The summed E-state index contributed by atoms with van der Waals surface area (Å²) in [5.74, 6) is -0.271.